The molecular weight excluding hydrogens is 418 g/mol. The van der Waals surface area contributed by atoms with Gasteiger partial charge in [0.05, 0.1) is 14.2 Å². The fourth-order valence-electron chi connectivity index (χ4n) is 3.77. The van der Waals surface area contributed by atoms with Gasteiger partial charge >= 0.3 is 0 Å². The van der Waals surface area contributed by atoms with Crippen LogP contribution in [0.1, 0.15) is 35.9 Å². The summed E-state index contributed by atoms with van der Waals surface area (Å²) < 4.78 is 13.0. The minimum absolute atomic E-state index is 0.0207. The molecule has 1 aromatic carbocycles. The highest BCUT2D eigenvalue weighted by molar-refractivity contribution is 7.71. The van der Waals surface area contributed by atoms with E-state index in [1.807, 2.05) is 11.5 Å². The van der Waals surface area contributed by atoms with Crippen LogP contribution in [0.2, 0.25) is 0 Å². The number of likely N-dealkylation sites (tertiary alicyclic amines) is 1. The number of amides is 2. The second-order valence-electron chi connectivity index (χ2n) is 7.40. The number of hydrogen-bond donors (Lipinski definition) is 2. The van der Waals surface area contributed by atoms with Crippen molar-refractivity contribution in [3.8, 4) is 11.5 Å². The van der Waals surface area contributed by atoms with Crippen LogP contribution in [-0.4, -0.2) is 65.3 Å². The van der Waals surface area contributed by atoms with Crippen molar-refractivity contribution in [2.75, 3.05) is 33.9 Å². The van der Waals surface area contributed by atoms with E-state index in [0.29, 0.717) is 60.7 Å². The van der Waals surface area contributed by atoms with E-state index in [9.17, 15) is 9.59 Å². The summed E-state index contributed by atoms with van der Waals surface area (Å²) in [5, 5.41) is 9.98. The number of carbonyl (C=O) groups is 2. The molecule has 0 radical (unpaired) electrons. The van der Waals surface area contributed by atoms with Gasteiger partial charge in [0.2, 0.25) is 5.91 Å². The molecule has 168 valence electrons. The highest BCUT2D eigenvalue weighted by Gasteiger charge is 2.28. The molecule has 0 atom stereocenters. The van der Waals surface area contributed by atoms with Crippen LogP contribution >= 0.6 is 12.2 Å². The number of hydrogen-bond acceptors (Lipinski definition) is 6. The van der Waals surface area contributed by atoms with E-state index in [4.69, 9.17) is 21.7 Å². The van der Waals surface area contributed by atoms with Crippen LogP contribution in [0.15, 0.2) is 18.2 Å². The molecule has 1 saturated heterocycles. The Hall–Kier alpha value is -2.88. The van der Waals surface area contributed by atoms with E-state index in [1.54, 1.807) is 37.3 Å². The van der Waals surface area contributed by atoms with Gasteiger partial charge in [-0.3, -0.25) is 14.7 Å². The van der Waals surface area contributed by atoms with Crippen LogP contribution in [-0.2, 0) is 17.8 Å². The summed E-state index contributed by atoms with van der Waals surface area (Å²) in [6.07, 6.45) is 1.88. The first-order valence-electron chi connectivity index (χ1n) is 10.4. The molecule has 3 rings (SSSR count). The fourth-order valence-corrected chi connectivity index (χ4v) is 4.05. The maximum Gasteiger partial charge on any atom is 0.254 e. The molecule has 0 unspecified atom stereocenters. The van der Waals surface area contributed by atoms with Crippen molar-refractivity contribution >= 4 is 24.0 Å². The molecule has 2 amide bonds. The average Bonchev–Trinajstić information content (AvgIpc) is 3.17. The zero-order valence-corrected chi connectivity index (χ0v) is 19.0. The summed E-state index contributed by atoms with van der Waals surface area (Å²) in [6.45, 7) is 4.31. The van der Waals surface area contributed by atoms with Gasteiger partial charge in [0.15, 0.2) is 4.77 Å². The Balaban J connectivity index is 1.50. The number of nitrogens with zero attached hydrogens (tertiary/aromatic N) is 3. The van der Waals surface area contributed by atoms with Crippen LogP contribution in [0.4, 0.5) is 0 Å². The topological polar surface area (TPSA) is 101 Å². The molecule has 1 aliphatic heterocycles. The van der Waals surface area contributed by atoms with Gasteiger partial charge in [-0.25, -0.2) is 0 Å². The molecule has 1 aromatic heterocycles. The number of H-pyrrole nitrogens is 1. The van der Waals surface area contributed by atoms with Crippen LogP contribution in [0, 0.1) is 10.7 Å². The quantitative estimate of drug-likeness (QED) is 0.602. The number of piperidine rings is 1. The Morgan fingerprint density at radius 2 is 1.84 bits per heavy atom. The van der Waals surface area contributed by atoms with Crippen molar-refractivity contribution in [1.29, 1.82) is 0 Å². The Morgan fingerprint density at radius 3 is 2.42 bits per heavy atom. The van der Waals surface area contributed by atoms with Crippen molar-refractivity contribution in [2.45, 2.75) is 32.7 Å². The predicted octanol–water partition coefficient (Wildman–Crippen LogP) is 2.19. The summed E-state index contributed by atoms with van der Waals surface area (Å²) in [5.74, 6) is 1.81. The number of nitrogens with one attached hydrogen (secondary N) is 2. The lowest BCUT2D eigenvalue weighted by Crippen LogP contribution is -2.43. The monoisotopic (exact) mass is 447 g/mol. The molecule has 0 bridgehead atoms. The molecule has 0 spiro atoms. The third-order valence-electron chi connectivity index (χ3n) is 5.55. The summed E-state index contributed by atoms with van der Waals surface area (Å²) in [4.78, 5) is 27.2. The number of rotatable bonds is 8. The van der Waals surface area contributed by atoms with Gasteiger partial charge < -0.3 is 24.3 Å². The summed E-state index contributed by atoms with van der Waals surface area (Å²) in [7, 11) is 3.11. The molecule has 10 heteroatoms. The van der Waals surface area contributed by atoms with E-state index in [-0.39, 0.29) is 17.7 Å². The average molecular weight is 448 g/mol. The van der Waals surface area contributed by atoms with Gasteiger partial charge in [-0.2, -0.15) is 5.10 Å². The number of methoxy groups -OCH3 is 2. The summed E-state index contributed by atoms with van der Waals surface area (Å²) in [6, 6.07) is 5.14. The van der Waals surface area contributed by atoms with Crippen molar-refractivity contribution in [1.82, 2.24) is 25.0 Å². The normalized spacial score (nSPS) is 14.4. The second-order valence-corrected chi connectivity index (χ2v) is 7.78. The maximum atomic E-state index is 12.9. The Labute approximate surface area is 186 Å². The highest BCUT2D eigenvalue weighted by Crippen LogP contribution is 2.25. The maximum absolute atomic E-state index is 12.9. The molecular formula is C21H29N5O4S. The molecule has 1 aliphatic rings. The van der Waals surface area contributed by atoms with Crippen LogP contribution in [0.5, 0.6) is 11.5 Å². The first kappa shape index (κ1) is 22.8. The van der Waals surface area contributed by atoms with E-state index < -0.39 is 0 Å². The van der Waals surface area contributed by atoms with Gasteiger partial charge in [-0.1, -0.05) is 0 Å². The Bertz CT molecular complexity index is 956. The first-order valence-corrected chi connectivity index (χ1v) is 10.8. The van der Waals surface area contributed by atoms with E-state index in [0.717, 1.165) is 12.4 Å². The first-order chi connectivity index (χ1) is 15.0. The van der Waals surface area contributed by atoms with E-state index in [2.05, 4.69) is 15.5 Å². The van der Waals surface area contributed by atoms with Crippen LogP contribution in [0.3, 0.4) is 0 Å². The van der Waals surface area contributed by atoms with Gasteiger partial charge in [-0.15, -0.1) is 0 Å². The van der Waals surface area contributed by atoms with Crippen molar-refractivity contribution < 1.29 is 19.1 Å². The van der Waals surface area contributed by atoms with Crippen molar-refractivity contribution in [3.63, 3.8) is 0 Å². The second kappa shape index (κ2) is 10.4. The fraction of sp³-hybridized carbons (Fsp3) is 0.524. The predicted molar refractivity (Wildman–Crippen MR) is 118 cm³/mol. The molecule has 2 N–H and O–H groups in total. The third kappa shape index (κ3) is 5.43. The summed E-state index contributed by atoms with van der Waals surface area (Å²) in [5.41, 5.74) is 0.517. The largest absolute Gasteiger partial charge is 0.497 e. The zero-order chi connectivity index (χ0) is 22.4. The van der Waals surface area contributed by atoms with Crippen molar-refractivity contribution in [2.24, 2.45) is 5.92 Å². The van der Waals surface area contributed by atoms with Gasteiger partial charge in [0, 0.05) is 50.1 Å². The number of aromatic amines is 1. The lowest BCUT2D eigenvalue weighted by molar-refractivity contribution is -0.126. The zero-order valence-electron chi connectivity index (χ0n) is 18.1. The van der Waals surface area contributed by atoms with Gasteiger partial charge in [0.25, 0.3) is 5.91 Å². The van der Waals surface area contributed by atoms with Crippen LogP contribution in [0.25, 0.3) is 0 Å². The molecule has 31 heavy (non-hydrogen) atoms. The number of benzene rings is 1. The highest BCUT2D eigenvalue weighted by atomic mass is 32.1. The van der Waals surface area contributed by atoms with E-state index >= 15 is 0 Å². The Morgan fingerprint density at radius 1 is 1.19 bits per heavy atom. The number of carbonyl (C=O) groups excluding carboxylic acids is 2. The van der Waals surface area contributed by atoms with Gasteiger partial charge in [0.1, 0.15) is 17.3 Å². The summed E-state index contributed by atoms with van der Waals surface area (Å²) >= 11 is 5.18. The number of aromatic nitrogens is 3. The van der Waals surface area contributed by atoms with Crippen molar-refractivity contribution in [3.05, 3.63) is 34.4 Å². The molecule has 2 aromatic rings. The molecule has 0 saturated carbocycles. The van der Waals surface area contributed by atoms with Gasteiger partial charge in [-0.05, 0) is 44.1 Å². The minimum atomic E-state index is -0.101. The molecule has 0 aliphatic carbocycles. The van der Waals surface area contributed by atoms with E-state index in [1.165, 1.54) is 0 Å². The Kier molecular flexibility index (Phi) is 7.67. The van der Waals surface area contributed by atoms with Crippen LogP contribution < -0.4 is 14.8 Å². The SMILES string of the molecule is CCn1c(CCNC(=O)C2CCN(C(=O)c3cc(OC)cc(OC)c3)CC2)n[nH]c1=S. The lowest BCUT2D eigenvalue weighted by atomic mass is 9.95. The molecule has 2 heterocycles. The standard InChI is InChI=1S/C21H29N5O4S/c1-4-26-18(23-24-21(26)31)5-8-22-19(27)14-6-9-25(10-7-14)20(28)15-11-16(29-2)13-17(12-15)30-3/h11-14H,4-10H2,1-3H3,(H,22,27)(H,24,31). The third-order valence-corrected chi connectivity index (χ3v) is 5.86. The molecule has 1 fully saturated rings. The number of ether oxygens (including phenoxy) is 2. The minimum Gasteiger partial charge on any atom is -0.497 e. The molecule has 9 nitrogen and oxygen atoms in total. The smallest absolute Gasteiger partial charge is 0.254 e. The lowest BCUT2D eigenvalue weighted by Gasteiger charge is -2.31.